The predicted octanol–water partition coefficient (Wildman–Crippen LogP) is 12.9. The third-order valence-electron chi connectivity index (χ3n) is 10.9. The maximum Gasteiger partial charge on any atom is 0.0727 e. The zero-order chi connectivity index (χ0) is 33.8. The van der Waals surface area contributed by atoms with Gasteiger partial charge >= 0.3 is 0 Å². The highest BCUT2D eigenvalue weighted by molar-refractivity contribution is 6.03. The molecule has 0 bridgehead atoms. The molecule has 7 aromatic carbocycles. The number of hydrogen-bond acceptors (Lipinski definition) is 2. The van der Waals surface area contributed by atoms with Crippen LogP contribution in [0, 0.1) is 0 Å². The van der Waals surface area contributed by atoms with Gasteiger partial charge in [0, 0.05) is 33.9 Å². The molecule has 0 radical (unpaired) electrons. The molecule has 1 unspecified atom stereocenters. The van der Waals surface area contributed by atoms with Crippen molar-refractivity contribution < 1.29 is 0 Å². The van der Waals surface area contributed by atoms with Gasteiger partial charge < -0.3 is 9.80 Å². The molecule has 0 N–H and O–H groups in total. The molecule has 2 nitrogen and oxygen atoms in total. The van der Waals surface area contributed by atoms with E-state index in [1.807, 2.05) is 0 Å². The van der Waals surface area contributed by atoms with E-state index in [0.29, 0.717) is 0 Å². The van der Waals surface area contributed by atoms with Crippen molar-refractivity contribution >= 4 is 28.4 Å². The lowest BCUT2D eigenvalue weighted by Crippen LogP contribution is -2.26. The SMILES string of the molecule is C1=CCCC(N(c2ccccc2)c2cccc3c2-c2ccccc2C32c3ccccc3-c3c(N(c4ccccc4)c4ccccc4)cccc32)=C1. The van der Waals surface area contributed by atoms with Crippen LogP contribution in [0.3, 0.4) is 0 Å². The number of para-hydroxylation sites is 3. The van der Waals surface area contributed by atoms with Gasteiger partial charge in [0.2, 0.25) is 0 Å². The third-order valence-corrected chi connectivity index (χ3v) is 10.9. The molecular formula is C49H36N2. The summed E-state index contributed by atoms with van der Waals surface area (Å²) in [5.41, 5.74) is 17.2. The highest BCUT2D eigenvalue weighted by Crippen LogP contribution is 2.66. The minimum absolute atomic E-state index is 0.480. The molecule has 3 aliphatic rings. The van der Waals surface area contributed by atoms with E-state index in [-0.39, 0.29) is 0 Å². The van der Waals surface area contributed by atoms with Crippen molar-refractivity contribution in [3.8, 4) is 22.3 Å². The van der Waals surface area contributed by atoms with E-state index in [4.69, 9.17) is 0 Å². The maximum absolute atomic E-state index is 2.50. The summed E-state index contributed by atoms with van der Waals surface area (Å²) < 4.78 is 0. The van der Waals surface area contributed by atoms with Crippen LogP contribution in [-0.4, -0.2) is 0 Å². The van der Waals surface area contributed by atoms with E-state index in [1.54, 1.807) is 0 Å². The van der Waals surface area contributed by atoms with Crippen LogP contribution in [0.1, 0.15) is 35.1 Å². The number of benzene rings is 7. The average Bonchev–Trinajstić information content (AvgIpc) is 3.68. The van der Waals surface area contributed by atoms with Gasteiger partial charge in [-0.3, -0.25) is 0 Å². The molecule has 0 aromatic heterocycles. The highest BCUT2D eigenvalue weighted by atomic mass is 15.2. The molecule has 10 rings (SSSR count). The first-order valence-electron chi connectivity index (χ1n) is 17.9. The molecule has 242 valence electrons. The summed E-state index contributed by atoms with van der Waals surface area (Å²) in [5, 5.41) is 0. The molecule has 0 aliphatic heterocycles. The number of allylic oxidation sites excluding steroid dienone is 4. The van der Waals surface area contributed by atoms with Gasteiger partial charge in [0.15, 0.2) is 0 Å². The van der Waals surface area contributed by atoms with Crippen LogP contribution in [0.5, 0.6) is 0 Å². The quantitative estimate of drug-likeness (QED) is 0.176. The van der Waals surface area contributed by atoms with Gasteiger partial charge in [0.1, 0.15) is 0 Å². The van der Waals surface area contributed by atoms with Crippen LogP contribution in [0.25, 0.3) is 22.3 Å². The number of hydrogen-bond donors (Lipinski definition) is 0. The monoisotopic (exact) mass is 652 g/mol. The lowest BCUT2D eigenvalue weighted by molar-refractivity contribution is 0.793. The Morgan fingerprint density at radius 3 is 1.31 bits per heavy atom. The van der Waals surface area contributed by atoms with Crippen molar-refractivity contribution in [3.05, 3.63) is 222 Å². The van der Waals surface area contributed by atoms with E-state index in [2.05, 4.69) is 204 Å². The van der Waals surface area contributed by atoms with Crippen LogP contribution in [0.15, 0.2) is 200 Å². The number of fused-ring (bicyclic) bond motifs is 10. The molecule has 51 heavy (non-hydrogen) atoms. The Hall–Kier alpha value is -6.38. The Morgan fingerprint density at radius 1 is 0.392 bits per heavy atom. The Labute approximate surface area is 299 Å². The largest absolute Gasteiger partial charge is 0.314 e. The zero-order valence-corrected chi connectivity index (χ0v) is 28.3. The summed E-state index contributed by atoms with van der Waals surface area (Å²) in [5.74, 6) is 0. The van der Waals surface area contributed by atoms with E-state index < -0.39 is 5.41 Å². The lowest BCUT2D eigenvalue weighted by Gasteiger charge is -2.33. The third kappa shape index (κ3) is 4.36. The summed E-state index contributed by atoms with van der Waals surface area (Å²) in [7, 11) is 0. The van der Waals surface area contributed by atoms with E-state index in [1.165, 1.54) is 67.3 Å². The first kappa shape index (κ1) is 29.5. The van der Waals surface area contributed by atoms with Crippen molar-refractivity contribution in [1.29, 1.82) is 0 Å². The standard InChI is InChI=1S/C49H36N2/c1-5-19-35(20-6-1)50(36-21-7-2-8-22-36)45-33-17-31-43-47(45)39-27-13-15-29-41(39)49(43)42-30-16-14-28-40(42)48-44(49)32-18-34-46(48)51(37-23-9-3-10-24-37)38-25-11-4-12-26-38/h1-11,13-25,27-34H,12,26H2. The first-order valence-corrected chi connectivity index (χ1v) is 17.9. The van der Waals surface area contributed by atoms with Crippen molar-refractivity contribution in [2.45, 2.75) is 18.3 Å². The van der Waals surface area contributed by atoms with Gasteiger partial charge in [-0.05, 0) is 101 Å². The second-order valence-corrected chi connectivity index (χ2v) is 13.5. The van der Waals surface area contributed by atoms with Gasteiger partial charge in [-0.2, -0.15) is 0 Å². The van der Waals surface area contributed by atoms with Gasteiger partial charge in [-0.1, -0.05) is 140 Å². The van der Waals surface area contributed by atoms with Gasteiger partial charge in [0.25, 0.3) is 0 Å². The summed E-state index contributed by atoms with van der Waals surface area (Å²) in [6, 6.07) is 64.6. The van der Waals surface area contributed by atoms with Gasteiger partial charge in [-0.15, -0.1) is 0 Å². The van der Waals surface area contributed by atoms with Crippen LogP contribution >= 0.6 is 0 Å². The minimum atomic E-state index is -0.480. The highest BCUT2D eigenvalue weighted by Gasteiger charge is 2.53. The molecule has 0 heterocycles. The summed E-state index contributed by atoms with van der Waals surface area (Å²) in [6.07, 6.45) is 8.80. The fourth-order valence-corrected chi connectivity index (χ4v) is 8.97. The number of nitrogens with zero attached hydrogens (tertiary/aromatic N) is 2. The van der Waals surface area contributed by atoms with Crippen molar-refractivity contribution in [1.82, 2.24) is 0 Å². The molecule has 0 saturated carbocycles. The molecule has 0 fully saturated rings. The lowest BCUT2D eigenvalue weighted by atomic mass is 9.70. The van der Waals surface area contributed by atoms with Gasteiger partial charge in [-0.25, -0.2) is 0 Å². The predicted molar refractivity (Wildman–Crippen MR) is 212 cm³/mol. The van der Waals surface area contributed by atoms with E-state index in [0.717, 1.165) is 24.2 Å². The molecule has 1 spiro atoms. The Bertz CT molecular complexity index is 2440. The number of rotatable bonds is 6. The molecule has 1 atom stereocenters. The van der Waals surface area contributed by atoms with Crippen LogP contribution in [-0.2, 0) is 5.41 Å². The zero-order valence-electron chi connectivity index (χ0n) is 28.3. The summed E-state index contributed by atoms with van der Waals surface area (Å²) in [6.45, 7) is 0. The van der Waals surface area contributed by atoms with Crippen molar-refractivity contribution in [2.75, 3.05) is 9.80 Å². The fraction of sp³-hybridized carbons (Fsp3) is 0.0612. The van der Waals surface area contributed by atoms with Crippen molar-refractivity contribution in [3.63, 3.8) is 0 Å². The normalized spacial score (nSPS) is 16.2. The molecule has 7 aromatic rings. The molecule has 0 saturated heterocycles. The summed E-state index contributed by atoms with van der Waals surface area (Å²) in [4.78, 5) is 4.93. The number of anilines is 5. The molecule has 0 amide bonds. The van der Waals surface area contributed by atoms with Crippen LogP contribution in [0.4, 0.5) is 28.4 Å². The van der Waals surface area contributed by atoms with Crippen LogP contribution in [0.2, 0.25) is 0 Å². The fourth-order valence-electron chi connectivity index (χ4n) is 8.97. The Balaban J connectivity index is 1.29. The molecule has 2 heteroatoms. The Kier molecular flexibility index (Phi) is 6.89. The Morgan fingerprint density at radius 2 is 0.824 bits per heavy atom. The average molecular weight is 653 g/mol. The van der Waals surface area contributed by atoms with E-state index >= 15 is 0 Å². The first-order chi connectivity index (χ1) is 25.4. The molecular weight excluding hydrogens is 617 g/mol. The smallest absolute Gasteiger partial charge is 0.0727 e. The van der Waals surface area contributed by atoms with E-state index in [9.17, 15) is 0 Å². The van der Waals surface area contributed by atoms with Crippen molar-refractivity contribution in [2.24, 2.45) is 0 Å². The topological polar surface area (TPSA) is 6.48 Å². The maximum atomic E-state index is 2.50. The summed E-state index contributed by atoms with van der Waals surface area (Å²) >= 11 is 0. The second kappa shape index (κ2) is 11.9. The second-order valence-electron chi connectivity index (χ2n) is 13.5. The minimum Gasteiger partial charge on any atom is -0.314 e. The molecule has 3 aliphatic carbocycles. The van der Waals surface area contributed by atoms with Gasteiger partial charge in [0.05, 0.1) is 16.8 Å². The van der Waals surface area contributed by atoms with Crippen LogP contribution < -0.4 is 9.80 Å².